The topological polar surface area (TPSA) is 95.5 Å². The number of carboxylic acids is 1. The Hall–Kier alpha value is -3.15. The van der Waals surface area contributed by atoms with Crippen molar-refractivity contribution in [2.75, 3.05) is 5.32 Å². The van der Waals surface area contributed by atoms with E-state index in [4.69, 9.17) is 5.11 Å². The van der Waals surface area contributed by atoms with Crippen LogP contribution in [-0.2, 0) is 20.8 Å². The van der Waals surface area contributed by atoms with Crippen LogP contribution in [0.4, 0.5) is 5.69 Å². The molecule has 6 nitrogen and oxygen atoms in total. The summed E-state index contributed by atoms with van der Waals surface area (Å²) >= 11 is 0. The second kappa shape index (κ2) is 9.52. The third-order valence-corrected chi connectivity index (χ3v) is 3.99. The highest BCUT2D eigenvalue weighted by molar-refractivity contribution is 5.97. The predicted molar refractivity (Wildman–Crippen MR) is 103 cm³/mol. The van der Waals surface area contributed by atoms with Crippen molar-refractivity contribution in [3.8, 4) is 0 Å². The number of carbonyl (C=O) groups is 3. The number of benzene rings is 2. The molecule has 2 rings (SSSR count). The summed E-state index contributed by atoms with van der Waals surface area (Å²) in [4.78, 5) is 35.5. The molecule has 0 heterocycles. The summed E-state index contributed by atoms with van der Waals surface area (Å²) < 4.78 is 0. The van der Waals surface area contributed by atoms with Crippen LogP contribution in [0.5, 0.6) is 0 Å². The van der Waals surface area contributed by atoms with Crippen LogP contribution in [0.2, 0.25) is 0 Å². The summed E-state index contributed by atoms with van der Waals surface area (Å²) in [6.45, 7) is 3.88. The van der Waals surface area contributed by atoms with Crippen LogP contribution in [0.1, 0.15) is 29.5 Å². The van der Waals surface area contributed by atoms with Gasteiger partial charge in [-0.2, -0.15) is 0 Å². The van der Waals surface area contributed by atoms with E-state index >= 15 is 0 Å². The maximum absolute atomic E-state index is 12.8. The molecule has 0 fully saturated rings. The normalized spacial score (nSPS) is 11.5. The average Bonchev–Trinajstić information content (AvgIpc) is 2.59. The highest BCUT2D eigenvalue weighted by atomic mass is 16.4. The van der Waals surface area contributed by atoms with Gasteiger partial charge in [0.15, 0.2) is 0 Å². The van der Waals surface area contributed by atoms with Crippen LogP contribution in [-0.4, -0.2) is 28.9 Å². The minimum Gasteiger partial charge on any atom is -0.481 e. The number of hydrogen-bond donors (Lipinski definition) is 3. The summed E-state index contributed by atoms with van der Waals surface area (Å²) in [5.74, 6) is -1.86. The molecule has 3 N–H and O–H groups in total. The summed E-state index contributed by atoms with van der Waals surface area (Å²) in [7, 11) is 0. The number of carboxylic acid groups (broad SMARTS) is 1. The molecule has 0 spiro atoms. The van der Waals surface area contributed by atoms with Gasteiger partial charge in [-0.05, 0) is 42.7 Å². The Labute approximate surface area is 158 Å². The Morgan fingerprint density at radius 2 is 1.59 bits per heavy atom. The first kappa shape index (κ1) is 20.2. The highest BCUT2D eigenvalue weighted by Crippen LogP contribution is 2.15. The molecule has 2 amide bonds. The number of carbonyl (C=O) groups excluding carboxylic acids is 2. The highest BCUT2D eigenvalue weighted by Gasteiger charge is 2.22. The quantitative estimate of drug-likeness (QED) is 0.668. The minimum absolute atomic E-state index is 0.169. The number of anilines is 1. The zero-order chi connectivity index (χ0) is 19.8. The lowest BCUT2D eigenvalue weighted by Crippen LogP contribution is -2.45. The number of aliphatic carboxylic acids is 1. The van der Waals surface area contributed by atoms with Gasteiger partial charge in [0.1, 0.15) is 6.04 Å². The molecule has 0 radical (unpaired) electrons. The molecule has 2 aromatic rings. The number of nitrogens with one attached hydrogen (secondary N) is 2. The number of aryl methyl sites for hydroxylation is 2. The molecule has 0 aliphatic rings. The fourth-order valence-corrected chi connectivity index (χ4v) is 2.82. The van der Waals surface area contributed by atoms with Crippen molar-refractivity contribution in [1.29, 1.82) is 0 Å². The van der Waals surface area contributed by atoms with Gasteiger partial charge >= 0.3 is 5.97 Å². The Morgan fingerprint density at radius 3 is 2.19 bits per heavy atom. The van der Waals surface area contributed by atoms with Crippen molar-refractivity contribution in [3.05, 3.63) is 65.2 Å². The predicted octanol–water partition coefficient (Wildman–Crippen LogP) is 2.83. The van der Waals surface area contributed by atoms with Gasteiger partial charge in [0.05, 0.1) is 6.42 Å². The van der Waals surface area contributed by atoms with Crippen molar-refractivity contribution in [2.45, 2.75) is 39.2 Å². The number of hydrogen-bond acceptors (Lipinski definition) is 3. The van der Waals surface area contributed by atoms with E-state index in [1.165, 1.54) is 0 Å². The molecule has 0 aromatic heterocycles. The van der Waals surface area contributed by atoms with Crippen LogP contribution in [0.15, 0.2) is 48.5 Å². The van der Waals surface area contributed by atoms with Gasteiger partial charge in [0, 0.05) is 18.5 Å². The molecule has 0 aliphatic carbocycles. The molecule has 0 bridgehead atoms. The first-order valence-electron chi connectivity index (χ1n) is 8.77. The lowest BCUT2D eigenvalue weighted by Gasteiger charge is -2.19. The van der Waals surface area contributed by atoms with E-state index < -0.39 is 17.9 Å². The zero-order valence-corrected chi connectivity index (χ0v) is 15.5. The first-order chi connectivity index (χ1) is 12.8. The van der Waals surface area contributed by atoms with E-state index in [-0.39, 0.29) is 18.7 Å². The van der Waals surface area contributed by atoms with Crippen molar-refractivity contribution in [2.24, 2.45) is 0 Å². The van der Waals surface area contributed by atoms with Gasteiger partial charge in [0.2, 0.25) is 11.8 Å². The van der Waals surface area contributed by atoms with E-state index in [1.807, 2.05) is 62.4 Å². The summed E-state index contributed by atoms with van der Waals surface area (Å²) in [6, 6.07) is 14.3. The summed E-state index contributed by atoms with van der Waals surface area (Å²) in [6.07, 6.45) is -0.129. The Bertz CT molecular complexity index is 798. The molecular weight excluding hydrogens is 344 g/mol. The average molecular weight is 368 g/mol. The van der Waals surface area contributed by atoms with Crippen molar-refractivity contribution in [1.82, 2.24) is 5.32 Å². The molecule has 0 aliphatic heterocycles. The Balaban J connectivity index is 2.12. The molecule has 27 heavy (non-hydrogen) atoms. The third-order valence-electron chi connectivity index (χ3n) is 3.99. The van der Waals surface area contributed by atoms with Gasteiger partial charge in [0.25, 0.3) is 0 Å². The van der Waals surface area contributed by atoms with E-state index in [9.17, 15) is 14.4 Å². The fourth-order valence-electron chi connectivity index (χ4n) is 2.82. The molecule has 1 atom stereocenters. The van der Waals surface area contributed by atoms with Crippen LogP contribution >= 0.6 is 0 Å². The van der Waals surface area contributed by atoms with Crippen LogP contribution in [0, 0.1) is 13.8 Å². The summed E-state index contributed by atoms with van der Waals surface area (Å²) in [5, 5.41) is 14.2. The molecule has 6 heteroatoms. The second-order valence-electron chi connectivity index (χ2n) is 6.57. The SMILES string of the molecule is Cc1cc(C)cc(NC(=O)[C@H](Cc2ccccc2)NC(=O)CCC(=O)O)c1. The van der Waals surface area contributed by atoms with Crippen molar-refractivity contribution >= 4 is 23.5 Å². The van der Waals surface area contributed by atoms with Gasteiger partial charge in [-0.15, -0.1) is 0 Å². The van der Waals surface area contributed by atoms with Crippen LogP contribution < -0.4 is 10.6 Å². The molecule has 142 valence electrons. The van der Waals surface area contributed by atoms with Gasteiger partial charge in [-0.25, -0.2) is 0 Å². The Kier molecular flexibility index (Phi) is 7.11. The number of amides is 2. The summed E-state index contributed by atoms with van der Waals surface area (Å²) in [5.41, 5.74) is 3.61. The van der Waals surface area contributed by atoms with Crippen molar-refractivity contribution < 1.29 is 19.5 Å². The van der Waals surface area contributed by atoms with Crippen LogP contribution in [0.25, 0.3) is 0 Å². The standard InChI is InChI=1S/C21H24N2O4/c1-14-10-15(2)12-17(11-14)22-21(27)18(13-16-6-4-3-5-7-16)23-19(24)8-9-20(25)26/h3-7,10-12,18H,8-9,13H2,1-2H3,(H,22,27)(H,23,24)(H,25,26)/t18-/m0/s1. The van der Waals surface area contributed by atoms with Gasteiger partial charge in [-0.3, -0.25) is 14.4 Å². The molecule has 0 saturated heterocycles. The molecule has 0 unspecified atom stereocenters. The second-order valence-corrected chi connectivity index (χ2v) is 6.57. The van der Waals surface area contributed by atoms with Crippen molar-refractivity contribution in [3.63, 3.8) is 0 Å². The number of rotatable bonds is 8. The maximum atomic E-state index is 12.8. The smallest absolute Gasteiger partial charge is 0.303 e. The third kappa shape index (κ3) is 6.93. The molecule has 2 aromatic carbocycles. The zero-order valence-electron chi connectivity index (χ0n) is 15.5. The minimum atomic E-state index is -1.05. The van der Waals surface area contributed by atoms with Crippen LogP contribution in [0.3, 0.4) is 0 Å². The largest absolute Gasteiger partial charge is 0.481 e. The maximum Gasteiger partial charge on any atom is 0.303 e. The van der Waals surface area contributed by atoms with Gasteiger partial charge < -0.3 is 15.7 Å². The lowest BCUT2D eigenvalue weighted by atomic mass is 10.0. The Morgan fingerprint density at radius 1 is 0.963 bits per heavy atom. The fraction of sp³-hybridized carbons (Fsp3) is 0.286. The van der Waals surface area contributed by atoms with E-state index in [0.717, 1.165) is 16.7 Å². The molecule has 0 saturated carbocycles. The first-order valence-corrected chi connectivity index (χ1v) is 8.77. The lowest BCUT2D eigenvalue weighted by molar-refractivity contribution is -0.139. The van der Waals surface area contributed by atoms with E-state index in [1.54, 1.807) is 0 Å². The van der Waals surface area contributed by atoms with E-state index in [2.05, 4.69) is 10.6 Å². The van der Waals surface area contributed by atoms with Gasteiger partial charge in [-0.1, -0.05) is 36.4 Å². The van der Waals surface area contributed by atoms with E-state index in [0.29, 0.717) is 12.1 Å². The monoisotopic (exact) mass is 368 g/mol. The molecular formula is C21H24N2O4.